The van der Waals surface area contributed by atoms with Crippen molar-refractivity contribution in [2.45, 2.75) is 32.4 Å². The molecule has 0 unspecified atom stereocenters. The van der Waals surface area contributed by atoms with Crippen LogP contribution in [0.5, 0.6) is 17.2 Å². The number of hydrogen-bond acceptors (Lipinski definition) is 5. The van der Waals surface area contributed by atoms with Crippen molar-refractivity contribution in [2.24, 2.45) is 11.7 Å². The molecule has 6 heteroatoms. The van der Waals surface area contributed by atoms with Crippen LogP contribution in [-0.2, 0) is 0 Å². The summed E-state index contributed by atoms with van der Waals surface area (Å²) in [5, 5.41) is 10.2. The van der Waals surface area contributed by atoms with Gasteiger partial charge in [0.1, 0.15) is 17.2 Å². The molecule has 0 heterocycles. The van der Waals surface area contributed by atoms with Gasteiger partial charge in [-0.1, -0.05) is 13.8 Å². The Kier molecular flexibility index (Phi) is 8.47. The SMILES string of the molecule is COc1cc(OC)c([C@@H](N)[C@@H](O)CC(C)C)c(OC)c1.Cl. The summed E-state index contributed by atoms with van der Waals surface area (Å²) in [5.41, 5.74) is 6.84. The van der Waals surface area contributed by atoms with Crippen LogP contribution in [0.15, 0.2) is 12.1 Å². The maximum Gasteiger partial charge on any atom is 0.131 e. The molecule has 0 aliphatic heterocycles. The molecule has 0 saturated heterocycles. The Morgan fingerprint density at radius 1 is 1.05 bits per heavy atom. The average molecular weight is 320 g/mol. The van der Waals surface area contributed by atoms with E-state index in [-0.39, 0.29) is 12.4 Å². The van der Waals surface area contributed by atoms with Gasteiger partial charge in [0, 0.05) is 12.1 Å². The molecule has 0 amide bonds. The van der Waals surface area contributed by atoms with Crippen LogP contribution in [0, 0.1) is 5.92 Å². The van der Waals surface area contributed by atoms with E-state index < -0.39 is 12.1 Å². The molecular weight excluding hydrogens is 294 g/mol. The standard InChI is InChI=1S/C15H25NO4.ClH/c1-9(2)6-11(17)15(16)14-12(19-4)7-10(18-3)8-13(14)20-5;/h7-9,11,15,17H,6,16H2,1-5H3;1H/t11-,15-;/m0./s1. The van der Waals surface area contributed by atoms with Gasteiger partial charge in [0.2, 0.25) is 0 Å². The smallest absolute Gasteiger partial charge is 0.131 e. The molecular formula is C15H26ClNO4. The number of rotatable bonds is 7. The van der Waals surface area contributed by atoms with Gasteiger partial charge in [0.05, 0.1) is 39.0 Å². The topological polar surface area (TPSA) is 73.9 Å². The fraction of sp³-hybridized carbons (Fsp3) is 0.600. The summed E-state index contributed by atoms with van der Waals surface area (Å²) in [6.45, 7) is 4.08. The minimum atomic E-state index is -0.661. The van der Waals surface area contributed by atoms with Gasteiger partial charge in [-0.05, 0) is 12.3 Å². The van der Waals surface area contributed by atoms with Crippen LogP contribution in [0.25, 0.3) is 0 Å². The van der Waals surface area contributed by atoms with E-state index in [1.54, 1.807) is 33.5 Å². The van der Waals surface area contributed by atoms with Crippen LogP contribution in [0.4, 0.5) is 0 Å². The minimum absolute atomic E-state index is 0. The lowest BCUT2D eigenvalue weighted by atomic mass is 9.94. The molecule has 0 aliphatic carbocycles. The first-order valence-electron chi connectivity index (χ1n) is 6.68. The highest BCUT2D eigenvalue weighted by molar-refractivity contribution is 5.85. The van der Waals surface area contributed by atoms with E-state index in [0.717, 1.165) is 0 Å². The van der Waals surface area contributed by atoms with Crippen molar-refractivity contribution in [1.29, 1.82) is 0 Å². The lowest BCUT2D eigenvalue weighted by Gasteiger charge is -2.24. The number of benzene rings is 1. The van der Waals surface area contributed by atoms with Crippen molar-refractivity contribution in [3.05, 3.63) is 17.7 Å². The molecule has 122 valence electrons. The number of hydrogen-bond donors (Lipinski definition) is 2. The zero-order valence-electron chi connectivity index (χ0n) is 13.3. The maximum atomic E-state index is 10.2. The molecule has 3 N–H and O–H groups in total. The third kappa shape index (κ3) is 4.95. The summed E-state index contributed by atoms with van der Waals surface area (Å²) >= 11 is 0. The molecule has 0 radical (unpaired) electrons. The van der Waals surface area contributed by atoms with E-state index in [2.05, 4.69) is 0 Å². The molecule has 5 nitrogen and oxygen atoms in total. The normalized spacial score (nSPS) is 13.3. The van der Waals surface area contributed by atoms with Crippen molar-refractivity contribution in [3.63, 3.8) is 0 Å². The van der Waals surface area contributed by atoms with Gasteiger partial charge in [-0.2, -0.15) is 0 Å². The highest BCUT2D eigenvalue weighted by Crippen LogP contribution is 2.39. The van der Waals surface area contributed by atoms with Crippen molar-refractivity contribution < 1.29 is 19.3 Å². The maximum absolute atomic E-state index is 10.2. The second kappa shape index (κ2) is 8.97. The Hall–Kier alpha value is -1.17. The van der Waals surface area contributed by atoms with E-state index in [0.29, 0.717) is 35.2 Å². The number of ether oxygens (including phenoxy) is 3. The highest BCUT2D eigenvalue weighted by atomic mass is 35.5. The zero-order chi connectivity index (χ0) is 15.3. The lowest BCUT2D eigenvalue weighted by molar-refractivity contribution is 0.118. The number of nitrogens with two attached hydrogens (primary N) is 1. The Morgan fingerprint density at radius 3 is 1.86 bits per heavy atom. The number of aliphatic hydroxyl groups is 1. The van der Waals surface area contributed by atoms with Crippen molar-refractivity contribution >= 4 is 12.4 Å². The lowest BCUT2D eigenvalue weighted by Crippen LogP contribution is -2.28. The summed E-state index contributed by atoms with van der Waals surface area (Å²) in [7, 11) is 4.68. The molecule has 2 atom stereocenters. The van der Waals surface area contributed by atoms with Gasteiger partial charge in [-0.3, -0.25) is 0 Å². The number of aliphatic hydroxyl groups excluding tert-OH is 1. The predicted molar refractivity (Wildman–Crippen MR) is 85.7 cm³/mol. The summed E-state index contributed by atoms with van der Waals surface area (Å²) in [6, 6.07) is 2.90. The third-order valence-electron chi connectivity index (χ3n) is 3.21. The first kappa shape index (κ1) is 19.8. The van der Waals surface area contributed by atoms with Crippen LogP contribution in [-0.4, -0.2) is 32.5 Å². The molecule has 0 bridgehead atoms. The molecule has 1 aromatic rings. The van der Waals surface area contributed by atoms with E-state index in [4.69, 9.17) is 19.9 Å². The molecule has 0 aromatic heterocycles. The molecule has 0 spiro atoms. The van der Waals surface area contributed by atoms with Gasteiger partial charge >= 0.3 is 0 Å². The molecule has 0 saturated carbocycles. The first-order valence-corrected chi connectivity index (χ1v) is 6.68. The fourth-order valence-electron chi connectivity index (χ4n) is 2.18. The van der Waals surface area contributed by atoms with Crippen molar-refractivity contribution in [1.82, 2.24) is 0 Å². The van der Waals surface area contributed by atoms with Gasteiger partial charge in [-0.15, -0.1) is 12.4 Å². The Balaban J connectivity index is 0.00000400. The van der Waals surface area contributed by atoms with Crippen LogP contribution in [0.2, 0.25) is 0 Å². The van der Waals surface area contributed by atoms with Crippen LogP contribution in [0.1, 0.15) is 31.9 Å². The average Bonchev–Trinajstić information content (AvgIpc) is 2.43. The first-order chi connectivity index (χ1) is 9.44. The van der Waals surface area contributed by atoms with E-state index in [1.807, 2.05) is 13.8 Å². The van der Waals surface area contributed by atoms with E-state index in [1.165, 1.54) is 0 Å². The summed E-state index contributed by atoms with van der Waals surface area (Å²) in [4.78, 5) is 0. The van der Waals surface area contributed by atoms with Gasteiger partial charge in [0.15, 0.2) is 0 Å². The van der Waals surface area contributed by atoms with E-state index >= 15 is 0 Å². The Morgan fingerprint density at radius 2 is 1.52 bits per heavy atom. The summed E-state index contributed by atoms with van der Waals surface area (Å²) in [6.07, 6.45) is -0.0503. The van der Waals surface area contributed by atoms with Gasteiger partial charge < -0.3 is 25.1 Å². The predicted octanol–water partition coefficient (Wildman–Crippen LogP) is 2.54. The third-order valence-corrected chi connectivity index (χ3v) is 3.21. The molecule has 1 aromatic carbocycles. The summed E-state index contributed by atoms with van der Waals surface area (Å²) in [5.74, 6) is 2.08. The summed E-state index contributed by atoms with van der Waals surface area (Å²) < 4.78 is 15.9. The van der Waals surface area contributed by atoms with Crippen molar-refractivity contribution in [3.8, 4) is 17.2 Å². The molecule has 0 aliphatic rings. The van der Waals surface area contributed by atoms with Gasteiger partial charge in [0.25, 0.3) is 0 Å². The van der Waals surface area contributed by atoms with Crippen LogP contribution < -0.4 is 19.9 Å². The highest BCUT2D eigenvalue weighted by Gasteiger charge is 2.25. The zero-order valence-corrected chi connectivity index (χ0v) is 14.1. The monoisotopic (exact) mass is 319 g/mol. The minimum Gasteiger partial charge on any atom is -0.496 e. The van der Waals surface area contributed by atoms with Gasteiger partial charge in [-0.25, -0.2) is 0 Å². The molecule has 21 heavy (non-hydrogen) atoms. The second-order valence-electron chi connectivity index (χ2n) is 5.17. The number of methoxy groups -OCH3 is 3. The van der Waals surface area contributed by atoms with E-state index in [9.17, 15) is 5.11 Å². The molecule has 0 fully saturated rings. The number of halogens is 1. The fourth-order valence-corrected chi connectivity index (χ4v) is 2.18. The quantitative estimate of drug-likeness (QED) is 0.808. The largest absolute Gasteiger partial charge is 0.496 e. The van der Waals surface area contributed by atoms with Crippen molar-refractivity contribution in [2.75, 3.05) is 21.3 Å². The Bertz CT molecular complexity index is 415. The van der Waals surface area contributed by atoms with Crippen LogP contribution in [0.3, 0.4) is 0 Å². The Labute approximate surface area is 132 Å². The molecule has 1 rings (SSSR count). The second-order valence-corrected chi connectivity index (χ2v) is 5.17. The van der Waals surface area contributed by atoms with Crippen LogP contribution >= 0.6 is 12.4 Å².